The quantitative estimate of drug-likeness (QED) is 0.896. The van der Waals surface area contributed by atoms with Gasteiger partial charge in [-0.1, -0.05) is 0 Å². The molecule has 2 saturated heterocycles. The number of ether oxygens (including phenoxy) is 1. The first kappa shape index (κ1) is 17.7. The van der Waals surface area contributed by atoms with E-state index in [-0.39, 0.29) is 5.92 Å². The Morgan fingerprint density at radius 1 is 1.08 bits per heavy atom. The van der Waals surface area contributed by atoms with Crippen molar-refractivity contribution in [3.05, 3.63) is 17.1 Å². The standard InChI is InChI=1S/C20H30N4O2/c1-12-13(2)21-14(3)22-19(12)23-18-11-24(10-17(18)15-4-5-15)20(25)16-6-8-26-9-7-16/h15-18H,4-11H2,1-3H3,(H,21,22,23)/t17-,18+/m1/s1. The van der Waals surface area contributed by atoms with Gasteiger partial charge in [0.15, 0.2) is 0 Å². The van der Waals surface area contributed by atoms with Gasteiger partial charge in [0.25, 0.3) is 0 Å². The number of carbonyl (C=O) groups is 1. The summed E-state index contributed by atoms with van der Waals surface area (Å²) < 4.78 is 5.42. The second-order valence-electron chi connectivity index (χ2n) is 8.21. The molecule has 3 fully saturated rings. The van der Waals surface area contributed by atoms with Crippen LogP contribution in [0.2, 0.25) is 0 Å². The molecular formula is C20H30N4O2. The third kappa shape index (κ3) is 3.56. The summed E-state index contributed by atoms with van der Waals surface area (Å²) in [6, 6.07) is 0.290. The van der Waals surface area contributed by atoms with E-state index in [1.165, 1.54) is 12.8 Å². The van der Waals surface area contributed by atoms with Crippen molar-refractivity contribution < 1.29 is 9.53 Å². The molecule has 1 N–H and O–H groups in total. The first-order valence-electron chi connectivity index (χ1n) is 9.98. The summed E-state index contributed by atoms with van der Waals surface area (Å²) in [5.74, 6) is 3.50. The Morgan fingerprint density at radius 3 is 2.50 bits per heavy atom. The van der Waals surface area contributed by atoms with Gasteiger partial charge in [-0.15, -0.1) is 0 Å². The number of hydrogen-bond donors (Lipinski definition) is 1. The van der Waals surface area contributed by atoms with Gasteiger partial charge in [-0.3, -0.25) is 4.79 Å². The van der Waals surface area contributed by atoms with Crippen LogP contribution in [-0.4, -0.2) is 53.1 Å². The van der Waals surface area contributed by atoms with Crippen LogP contribution in [0.15, 0.2) is 0 Å². The van der Waals surface area contributed by atoms with Gasteiger partial charge in [0.2, 0.25) is 5.91 Å². The molecule has 4 rings (SSSR count). The van der Waals surface area contributed by atoms with Crippen molar-refractivity contribution in [2.24, 2.45) is 17.8 Å². The molecule has 1 amide bonds. The van der Waals surface area contributed by atoms with Crippen LogP contribution in [0.1, 0.15) is 42.8 Å². The summed E-state index contributed by atoms with van der Waals surface area (Å²) in [5, 5.41) is 3.68. The third-order valence-electron chi connectivity index (χ3n) is 6.30. The first-order valence-corrected chi connectivity index (χ1v) is 9.98. The number of nitrogens with zero attached hydrogens (tertiary/aromatic N) is 3. The molecule has 1 aromatic heterocycles. The summed E-state index contributed by atoms with van der Waals surface area (Å²) >= 11 is 0. The highest BCUT2D eigenvalue weighted by atomic mass is 16.5. The molecule has 0 spiro atoms. The van der Waals surface area contributed by atoms with Crippen LogP contribution in [0.4, 0.5) is 5.82 Å². The first-order chi connectivity index (χ1) is 12.5. The molecule has 6 nitrogen and oxygen atoms in total. The molecule has 0 unspecified atom stereocenters. The molecular weight excluding hydrogens is 328 g/mol. The molecule has 2 atom stereocenters. The molecule has 6 heteroatoms. The van der Waals surface area contributed by atoms with Gasteiger partial charge < -0.3 is 15.0 Å². The number of hydrogen-bond acceptors (Lipinski definition) is 5. The van der Waals surface area contributed by atoms with Gasteiger partial charge >= 0.3 is 0 Å². The number of nitrogens with one attached hydrogen (secondary N) is 1. The number of carbonyl (C=O) groups excluding carboxylic acids is 1. The monoisotopic (exact) mass is 358 g/mol. The minimum atomic E-state index is 0.146. The van der Waals surface area contributed by atoms with E-state index in [1.54, 1.807) is 0 Å². The number of amides is 1. The minimum absolute atomic E-state index is 0.146. The molecule has 1 aromatic rings. The predicted octanol–water partition coefficient (Wildman–Crippen LogP) is 2.48. The third-order valence-corrected chi connectivity index (χ3v) is 6.30. The van der Waals surface area contributed by atoms with E-state index in [4.69, 9.17) is 4.74 Å². The van der Waals surface area contributed by atoms with Crippen LogP contribution in [-0.2, 0) is 9.53 Å². The van der Waals surface area contributed by atoms with E-state index >= 15 is 0 Å². The summed E-state index contributed by atoms with van der Waals surface area (Å²) in [6.07, 6.45) is 4.32. The lowest BCUT2D eigenvalue weighted by molar-refractivity contribution is -0.137. The molecule has 1 aliphatic carbocycles. The molecule has 3 heterocycles. The second-order valence-corrected chi connectivity index (χ2v) is 8.21. The van der Waals surface area contributed by atoms with E-state index in [1.807, 2.05) is 13.8 Å². The van der Waals surface area contributed by atoms with Crippen molar-refractivity contribution in [2.45, 2.75) is 52.5 Å². The van der Waals surface area contributed by atoms with E-state index in [2.05, 4.69) is 27.1 Å². The Hall–Kier alpha value is -1.69. The predicted molar refractivity (Wildman–Crippen MR) is 100.0 cm³/mol. The molecule has 142 valence electrons. The Labute approximate surface area is 155 Å². The van der Waals surface area contributed by atoms with Crippen molar-refractivity contribution in [2.75, 3.05) is 31.6 Å². The van der Waals surface area contributed by atoms with E-state index in [9.17, 15) is 4.79 Å². The van der Waals surface area contributed by atoms with Crippen LogP contribution in [0.5, 0.6) is 0 Å². The number of aromatic nitrogens is 2. The molecule has 2 aliphatic heterocycles. The number of aryl methyl sites for hydroxylation is 2. The van der Waals surface area contributed by atoms with Crippen molar-refractivity contribution in [1.29, 1.82) is 0 Å². The average Bonchev–Trinajstić information content (AvgIpc) is 3.40. The van der Waals surface area contributed by atoms with Crippen molar-refractivity contribution in [1.82, 2.24) is 14.9 Å². The van der Waals surface area contributed by atoms with Crippen LogP contribution in [0.25, 0.3) is 0 Å². The summed E-state index contributed by atoms with van der Waals surface area (Å²) in [6.45, 7) is 9.16. The fourth-order valence-corrected chi connectivity index (χ4v) is 4.45. The zero-order valence-corrected chi connectivity index (χ0v) is 16.1. The van der Waals surface area contributed by atoms with Crippen molar-refractivity contribution in [3.8, 4) is 0 Å². The maximum atomic E-state index is 13.0. The van der Waals surface area contributed by atoms with Gasteiger partial charge in [-0.2, -0.15) is 0 Å². The summed E-state index contributed by atoms with van der Waals surface area (Å²) in [7, 11) is 0. The van der Waals surface area contributed by atoms with Crippen LogP contribution in [0, 0.1) is 38.5 Å². The zero-order chi connectivity index (χ0) is 18.3. The molecule has 1 saturated carbocycles. The Morgan fingerprint density at radius 2 is 1.81 bits per heavy atom. The van der Waals surface area contributed by atoms with E-state index in [0.717, 1.165) is 68.0 Å². The van der Waals surface area contributed by atoms with Crippen LogP contribution < -0.4 is 5.32 Å². The number of rotatable bonds is 4. The van der Waals surface area contributed by atoms with Gasteiger partial charge in [-0.25, -0.2) is 9.97 Å². The second kappa shape index (κ2) is 7.14. The highest BCUT2D eigenvalue weighted by Crippen LogP contribution is 2.42. The maximum Gasteiger partial charge on any atom is 0.225 e. The van der Waals surface area contributed by atoms with Gasteiger partial charge in [0.05, 0.1) is 0 Å². The fraction of sp³-hybridized carbons (Fsp3) is 0.750. The summed E-state index contributed by atoms with van der Waals surface area (Å²) in [5.41, 5.74) is 2.13. The molecule has 26 heavy (non-hydrogen) atoms. The smallest absolute Gasteiger partial charge is 0.225 e. The van der Waals surface area contributed by atoms with Gasteiger partial charge in [0.1, 0.15) is 11.6 Å². The summed E-state index contributed by atoms with van der Waals surface area (Å²) in [4.78, 5) is 24.2. The molecule has 0 radical (unpaired) electrons. The molecule has 3 aliphatic rings. The van der Waals surface area contributed by atoms with Gasteiger partial charge in [0, 0.05) is 55.4 Å². The van der Waals surface area contributed by atoms with Crippen molar-refractivity contribution >= 4 is 11.7 Å². The average molecular weight is 358 g/mol. The Kier molecular flexibility index (Phi) is 4.86. The van der Waals surface area contributed by atoms with Crippen LogP contribution >= 0.6 is 0 Å². The maximum absolute atomic E-state index is 13.0. The lowest BCUT2D eigenvalue weighted by atomic mass is 9.97. The number of anilines is 1. The Bertz CT molecular complexity index is 683. The number of likely N-dealkylation sites (tertiary alicyclic amines) is 1. The minimum Gasteiger partial charge on any atom is -0.381 e. The topological polar surface area (TPSA) is 67.4 Å². The SMILES string of the molecule is Cc1nc(C)c(C)c(N[C@H]2CN(C(=O)C3CCOCC3)C[C@@H]2C2CC2)n1. The normalized spacial score (nSPS) is 27.0. The largest absolute Gasteiger partial charge is 0.381 e. The van der Waals surface area contributed by atoms with E-state index in [0.29, 0.717) is 17.9 Å². The lowest BCUT2D eigenvalue weighted by Crippen LogP contribution is -2.38. The van der Waals surface area contributed by atoms with Crippen molar-refractivity contribution in [3.63, 3.8) is 0 Å². The highest BCUT2D eigenvalue weighted by molar-refractivity contribution is 5.79. The van der Waals surface area contributed by atoms with E-state index < -0.39 is 0 Å². The van der Waals surface area contributed by atoms with Crippen LogP contribution in [0.3, 0.4) is 0 Å². The lowest BCUT2D eigenvalue weighted by Gasteiger charge is -2.26. The molecule has 0 bridgehead atoms. The zero-order valence-electron chi connectivity index (χ0n) is 16.1. The molecule has 0 aromatic carbocycles. The fourth-order valence-electron chi connectivity index (χ4n) is 4.45. The van der Waals surface area contributed by atoms with Gasteiger partial charge in [-0.05, 0) is 52.4 Å². The highest BCUT2D eigenvalue weighted by Gasteiger charge is 2.45. The Balaban J connectivity index is 1.49.